The van der Waals surface area contributed by atoms with Gasteiger partial charge in [-0.25, -0.2) is 14.3 Å². The Morgan fingerprint density at radius 2 is 2.00 bits per heavy atom. The van der Waals surface area contributed by atoms with Crippen LogP contribution in [0, 0.1) is 5.21 Å². The Hall–Kier alpha value is -3.15. The Morgan fingerprint density at radius 3 is 2.76 bits per heavy atom. The number of ether oxygens (including phenoxy) is 1. The van der Waals surface area contributed by atoms with Crippen LogP contribution >= 0.6 is 0 Å². The van der Waals surface area contributed by atoms with Crippen molar-refractivity contribution in [2.24, 2.45) is 0 Å². The summed E-state index contributed by atoms with van der Waals surface area (Å²) in [5.41, 5.74) is 1.14. The van der Waals surface area contributed by atoms with Gasteiger partial charge in [-0.05, 0) is 18.2 Å². The molecule has 6 heteroatoms. The van der Waals surface area contributed by atoms with E-state index in [0.29, 0.717) is 21.7 Å². The first-order valence-electron chi connectivity index (χ1n) is 6.23. The van der Waals surface area contributed by atoms with Crippen LogP contribution in [0.25, 0.3) is 11.3 Å². The molecule has 0 N–H and O–H groups in total. The van der Waals surface area contributed by atoms with Gasteiger partial charge in [0.15, 0.2) is 12.4 Å². The van der Waals surface area contributed by atoms with Crippen molar-refractivity contribution in [3.8, 4) is 17.0 Å². The third-order valence-corrected chi connectivity index (χ3v) is 2.81. The number of carbonyl (C=O) groups is 1. The number of carbonyl (C=O) groups excluding carboxylic acids is 1. The molecule has 0 spiro atoms. The first kappa shape index (κ1) is 12.9. The average Bonchev–Trinajstić information content (AvgIpc) is 2.98. The predicted octanol–water partition coefficient (Wildman–Crippen LogP) is 2.23. The highest BCUT2D eigenvalue weighted by molar-refractivity contribution is 5.74. The van der Waals surface area contributed by atoms with Crippen LogP contribution < -0.4 is 9.47 Å². The highest BCUT2D eigenvalue weighted by atomic mass is 16.6. The van der Waals surface area contributed by atoms with Crippen LogP contribution in [-0.2, 0) is 0 Å². The minimum atomic E-state index is -0.564. The van der Waals surface area contributed by atoms with Crippen LogP contribution in [0.2, 0.25) is 0 Å². The van der Waals surface area contributed by atoms with Gasteiger partial charge in [0.2, 0.25) is 0 Å². The van der Waals surface area contributed by atoms with E-state index in [9.17, 15) is 10.0 Å². The summed E-state index contributed by atoms with van der Waals surface area (Å²) in [6.45, 7) is 0. The Bertz CT molecular complexity index is 769. The molecule has 3 rings (SSSR count). The van der Waals surface area contributed by atoms with Crippen molar-refractivity contribution in [1.82, 2.24) is 9.55 Å². The van der Waals surface area contributed by atoms with E-state index >= 15 is 0 Å². The molecule has 6 nitrogen and oxygen atoms in total. The molecule has 0 atom stereocenters. The summed E-state index contributed by atoms with van der Waals surface area (Å²) in [6.07, 6.45) is 5.06. The number of benzene rings is 1. The number of pyridine rings is 1. The molecule has 0 amide bonds. The Kier molecular flexibility index (Phi) is 3.34. The van der Waals surface area contributed by atoms with Gasteiger partial charge in [-0.15, -0.1) is 0 Å². The molecular weight excluding hydrogens is 270 g/mol. The lowest BCUT2D eigenvalue weighted by Gasteiger charge is -2.03. The lowest BCUT2D eigenvalue weighted by Crippen LogP contribution is -2.23. The summed E-state index contributed by atoms with van der Waals surface area (Å²) in [5, 5.41) is 11.2. The van der Waals surface area contributed by atoms with Gasteiger partial charge in [0, 0.05) is 12.3 Å². The molecule has 104 valence electrons. The molecule has 0 aliphatic rings. The highest BCUT2D eigenvalue weighted by Crippen LogP contribution is 2.15. The van der Waals surface area contributed by atoms with Crippen LogP contribution in [0.15, 0.2) is 67.4 Å². The normalized spacial score (nSPS) is 10.3. The maximum Gasteiger partial charge on any atom is 0.424 e. The number of para-hydroxylation sites is 1. The average molecular weight is 281 g/mol. The van der Waals surface area contributed by atoms with Crippen molar-refractivity contribution >= 4 is 6.09 Å². The minimum Gasteiger partial charge on any atom is -0.619 e. The second kappa shape index (κ2) is 5.46. The van der Waals surface area contributed by atoms with E-state index in [0.717, 1.165) is 0 Å². The first-order valence-corrected chi connectivity index (χ1v) is 6.23. The molecule has 2 heterocycles. The van der Waals surface area contributed by atoms with E-state index < -0.39 is 6.09 Å². The van der Waals surface area contributed by atoms with Gasteiger partial charge in [-0.1, -0.05) is 18.2 Å². The summed E-state index contributed by atoms with van der Waals surface area (Å²) < 4.78 is 7.09. The number of nitrogens with zero attached hydrogens (tertiary/aromatic N) is 3. The fourth-order valence-electron chi connectivity index (χ4n) is 1.82. The van der Waals surface area contributed by atoms with E-state index in [4.69, 9.17) is 4.74 Å². The van der Waals surface area contributed by atoms with Crippen LogP contribution in [0.5, 0.6) is 5.75 Å². The van der Waals surface area contributed by atoms with E-state index in [1.54, 1.807) is 36.4 Å². The number of rotatable bonds is 2. The highest BCUT2D eigenvalue weighted by Gasteiger charge is 2.11. The van der Waals surface area contributed by atoms with Crippen molar-refractivity contribution in [3.05, 3.63) is 72.6 Å². The lowest BCUT2D eigenvalue weighted by atomic mass is 10.2. The Morgan fingerprint density at radius 1 is 1.19 bits per heavy atom. The second-order valence-electron chi connectivity index (χ2n) is 4.30. The van der Waals surface area contributed by atoms with Crippen LogP contribution in [-0.4, -0.2) is 15.6 Å². The van der Waals surface area contributed by atoms with Crippen molar-refractivity contribution in [2.75, 3.05) is 0 Å². The lowest BCUT2D eigenvalue weighted by molar-refractivity contribution is -0.604. The minimum absolute atomic E-state index is 0.454. The molecule has 0 aliphatic carbocycles. The molecule has 2 aromatic heterocycles. The summed E-state index contributed by atoms with van der Waals surface area (Å²) in [7, 11) is 0. The Balaban J connectivity index is 1.80. The van der Waals surface area contributed by atoms with Gasteiger partial charge in [0.05, 0.1) is 11.3 Å². The van der Waals surface area contributed by atoms with Gasteiger partial charge >= 0.3 is 6.09 Å². The fourth-order valence-corrected chi connectivity index (χ4v) is 1.82. The number of imidazole rings is 1. The van der Waals surface area contributed by atoms with Gasteiger partial charge < -0.3 is 9.94 Å². The predicted molar refractivity (Wildman–Crippen MR) is 74.5 cm³/mol. The van der Waals surface area contributed by atoms with Crippen LogP contribution in [0.4, 0.5) is 4.79 Å². The maximum absolute atomic E-state index is 12.0. The molecule has 0 fully saturated rings. The molecule has 0 bridgehead atoms. The monoisotopic (exact) mass is 281 g/mol. The number of hydrogen-bond donors (Lipinski definition) is 0. The third kappa shape index (κ3) is 2.89. The van der Waals surface area contributed by atoms with Crippen molar-refractivity contribution in [1.29, 1.82) is 0 Å². The van der Waals surface area contributed by atoms with Gasteiger partial charge in [0.25, 0.3) is 0 Å². The zero-order chi connectivity index (χ0) is 14.7. The molecule has 1 aromatic carbocycles. The SMILES string of the molecule is O=C(Oc1ccccc1)n1cnc(-c2ccc[n+]([O-])c2)c1. The number of aromatic nitrogens is 3. The quantitative estimate of drug-likeness (QED) is 0.533. The van der Waals surface area contributed by atoms with Crippen molar-refractivity contribution in [2.45, 2.75) is 0 Å². The van der Waals surface area contributed by atoms with Gasteiger partial charge in [0.1, 0.15) is 12.1 Å². The summed E-state index contributed by atoms with van der Waals surface area (Å²) in [4.78, 5) is 16.1. The van der Waals surface area contributed by atoms with Gasteiger partial charge in [-0.2, -0.15) is 4.73 Å². The van der Waals surface area contributed by atoms with Crippen molar-refractivity contribution < 1.29 is 14.3 Å². The Labute approximate surface area is 120 Å². The first-order chi connectivity index (χ1) is 10.2. The number of hydrogen-bond acceptors (Lipinski definition) is 4. The molecule has 21 heavy (non-hydrogen) atoms. The van der Waals surface area contributed by atoms with E-state index in [2.05, 4.69) is 4.98 Å². The zero-order valence-corrected chi connectivity index (χ0v) is 10.9. The zero-order valence-electron chi connectivity index (χ0n) is 10.9. The smallest absolute Gasteiger partial charge is 0.424 e. The molecule has 3 aromatic rings. The third-order valence-electron chi connectivity index (χ3n) is 2.81. The van der Waals surface area contributed by atoms with Gasteiger partial charge in [-0.3, -0.25) is 0 Å². The summed E-state index contributed by atoms with van der Waals surface area (Å²) in [6, 6.07) is 12.1. The molecular formula is C15H11N3O3. The molecule has 0 radical (unpaired) electrons. The molecule has 0 saturated carbocycles. The topological polar surface area (TPSA) is 71.1 Å². The van der Waals surface area contributed by atoms with Crippen LogP contribution in [0.1, 0.15) is 0 Å². The molecule has 0 aliphatic heterocycles. The van der Waals surface area contributed by atoms with Crippen LogP contribution in [0.3, 0.4) is 0 Å². The maximum atomic E-state index is 12.0. The summed E-state index contributed by atoms with van der Waals surface area (Å²) in [5.74, 6) is 0.454. The largest absolute Gasteiger partial charge is 0.619 e. The summed E-state index contributed by atoms with van der Waals surface area (Å²) >= 11 is 0. The second-order valence-corrected chi connectivity index (χ2v) is 4.30. The standard InChI is InChI=1S/C15H11N3O3/c19-15(21-13-6-2-1-3-7-13)17-10-14(16-11-17)12-5-4-8-18(20)9-12/h1-11H. The molecule has 0 saturated heterocycles. The van der Waals surface area contributed by atoms with E-state index in [1.165, 1.54) is 29.5 Å². The van der Waals surface area contributed by atoms with E-state index in [-0.39, 0.29) is 0 Å². The van der Waals surface area contributed by atoms with E-state index in [1.807, 2.05) is 6.07 Å². The van der Waals surface area contributed by atoms with Crippen molar-refractivity contribution in [3.63, 3.8) is 0 Å². The fraction of sp³-hybridized carbons (Fsp3) is 0. The molecule has 0 unspecified atom stereocenters.